The summed E-state index contributed by atoms with van der Waals surface area (Å²) in [6, 6.07) is 13.7. The maximum Gasteiger partial charge on any atom is 0.254 e. The lowest BCUT2D eigenvalue weighted by molar-refractivity contribution is 0.0362. The van der Waals surface area contributed by atoms with Gasteiger partial charge in [0, 0.05) is 48.2 Å². The zero-order valence-corrected chi connectivity index (χ0v) is 15.8. The third-order valence-corrected chi connectivity index (χ3v) is 4.99. The van der Waals surface area contributed by atoms with Crippen molar-refractivity contribution in [3.8, 4) is 5.75 Å². The van der Waals surface area contributed by atoms with Crippen molar-refractivity contribution >= 4 is 0 Å². The van der Waals surface area contributed by atoms with Crippen LogP contribution in [0.4, 0.5) is 4.39 Å². The molecule has 7 heteroatoms. The topological polar surface area (TPSA) is 88.2 Å². The number of halogens is 1. The number of hydrogen-bond acceptors (Lipinski definition) is 5. The molecule has 0 saturated heterocycles. The quantitative estimate of drug-likeness (QED) is 0.535. The molecule has 0 aliphatic carbocycles. The smallest absolute Gasteiger partial charge is 0.254 e. The summed E-state index contributed by atoms with van der Waals surface area (Å²) in [4.78, 5) is 21.1. The molecule has 0 aliphatic rings. The molecule has 0 fully saturated rings. The van der Waals surface area contributed by atoms with E-state index in [4.69, 9.17) is 0 Å². The van der Waals surface area contributed by atoms with Gasteiger partial charge >= 0.3 is 0 Å². The number of rotatable bonds is 5. The van der Waals surface area contributed by atoms with E-state index in [1.54, 1.807) is 36.7 Å². The third kappa shape index (κ3) is 3.46. The van der Waals surface area contributed by atoms with Crippen LogP contribution in [0.2, 0.25) is 0 Å². The van der Waals surface area contributed by atoms with E-state index in [0.717, 1.165) is 6.07 Å². The molecule has 1 atom stereocenters. The average molecular weight is 403 g/mol. The minimum absolute atomic E-state index is 0.194. The molecule has 0 bridgehead atoms. The Bertz CT molecular complexity index is 1160. The maximum atomic E-state index is 13.6. The normalized spacial score (nSPS) is 12.5. The SMILES string of the molecule is O=c1cc(O)ccn1C(c1ccc(F)cc1)C(O)(c1cccnc1)c1cccnc1. The fourth-order valence-corrected chi connectivity index (χ4v) is 3.60. The molecule has 0 aliphatic heterocycles. The summed E-state index contributed by atoms with van der Waals surface area (Å²) in [6.45, 7) is 0. The number of pyridine rings is 3. The number of aromatic nitrogens is 3. The first kappa shape index (κ1) is 19.5. The second kappa shape index (κ2) is 7.88. The summed E-state index contributed by atoms with van der Waals surface area (Å²) in [7, 11) is 0. The zero-order valence-electron chi connectivity index (χ0n) is 15.8. The van der Waals surface area contributed by atoms with Crippen LogP contribution in [-0.4, -0.2) is 24.7 Å². The van der Waals surface area contributed by atoms with Crippen molar-refractivity contribution in [2.75, 3.05) is 0 Å². The van der Waals surface area contributed by atoms with Crippen LogP contribution < -0.4 is 5.56 Å². The van der Waals surface area contributed by atoms with E-state index in [9.17, 15) is 19.4 Å². The molecule has 4 aromatic rings. The summed E-state index contributed by atoms with van der Waals surface area (Å²) < 4.78 is 14.9. The van der Waals surface area contributed by atoms with Gasteiger partial charge in [-0.25, -0.2) is 4.39 Å². The number of aliphatic hydroxyl groups is 1. The molecular weight excluding hydrogens is 385 g/mol. The van der Waals surface area contributed by atoms with E-state index in [1.165, 1.54) is 53.5 Å². The fraction of sp³-hybridized carbons (Fsp3) is 0.0870. The van der Waals surface area contributed by atoms with Gasteiger partial charge in [-0.3, -0.25) is 14.8 Å². The molecule has 30 heavy (non-hydrogen) atoms. The van der Waals surface area contributed by atoms with Gasteiger partial charge in [-0.15, -0.1) is 0 Å². The Hall–Kier alpha value is -3.84. The fourth-order valence-electron chi connectivity index (χ4n) is 3.60. The van der Waals surface area contributed by atoms with Gasteiger partial charge in [0.2, 0.25) is 0 Å². The molecule has 0 saturated carbocycles. The average Bonchev–Trinajstić information content (AvgIpc) is 2.77. The second-order valence-corrected chi connectivity index (χ2v) is 6.83. The lowest BCUT2D eigenvalue weighted by Crippen LogP contribution is -2.42. The van der Waals surface area contributed by atoms with Crippen molar-refractivity contribution in [3.05, 3.63) is 125 Å². The van der Waals surface area contributed by atoms with Crippen molar-refractivity contribution in [1.82, 2.24) is 14.5 Å². The predicted molar refractivity (Wildman–Crippen MR) is 108 cm³/mol. The minimum Gasteiger partial charge on any atom is -0.508 e. The molecule has 2 N–H and O–H groups in total. The second-order valence-electron chi connectivity index (χ2n) is 6.83. The van der Waals surface area contributed by atoms with Crippen LogP contribution in [0, 0.1) is 5.82 Å². The van der Waals surface area contributed by atoms with Crippen molar-refractivity contribution in [2.45, 2.75) is 11.6 Å². The Morgan fingerprint density at radius 2 is 1.53 bits per heavy atom. The Kier molecular flexibility index (Phi) is 5.12. The van der Waals surface area contributed by atoms with Gasteiger partial charge in [0.05, 0.1) is 6.04 Å². The van der Waals surface area contributed by atoms with E-state index in [-0.39, 0.29) is 5.75 Å². The van der Waals surface area contributed by atoms with Gasteiger partial charge in [-0.1, -0.05) is 24.3 Å². The standard InChI is InChI=1S/C23H18FN3O3/c24-19-7-5-16(6-8-19)22(27-12-9-20(28)13-21(27)29)23(30,17-3-1-10-25-14-17)18-4-2-11-26-15-18/h1-15,22,28,30H. The molecule has 6 nitrogen and oxygen atoms in total. The highest BCUT2D eigenvalue weighted by Crippen LogP contribution is 2.42. The zero-order chi connectivity index (χ0) is 21.1. The molecule has 0 amide bonds. The highest BCUT2D eigenvalue weighted by atomic mass is 19.1. The molecule has 3 heterocycles. The maximum absolute atomic E-state index is 13.6. The van der Waals surface area contributed by atoms with Crippen LogP contribution in [0.15, 0.2) is 96.4 Å². The Morgan fingerprint density at radius 3 is 2.03 bits per heavy atom. The third-order valence-electron chi connectivity index (χ3n) is 4.99. The monoisotopic (exact) mass is 403 g/mol. The van der Waals surface area contributed by atoms with Gasteiger partial charge in [0.1, 0.15) is 17.2 Å². The Labute approximate surface area is 171 Å². The number of benzene rings is 1. The van der Waals surface area contributed by atoms with Crippen molar-refractivity contribution in [1.29, 1.82) is 0 Å². The molecule has 0 spiro atoms. The molecular formula is C23H18FN3O3. The van der Waals surface area contributed by atoms with Gasteiger partial charge in [0.15, 0.2) is 0 Å². The van der Waals surface area contributed by atoms with Gasteiger partial charge in [-0.05, 0) is 35.9 Å². The van der Waals surface area contributed by atoms with E-state index >= 15 is 0 Å². The first-order valence-corrected chi connectivity index (χ1v) is 9.20. The lowest BCUT2D eigenvalue weighted by atomic mass is 9.78. The van der Waals surface area contributed by atoms with E-state index < -0.39 is 23.0 Å². The van der Waals surface area contributed by atoms with Crippen molar-refractivity contribution in [2.24, 2.45) is 0 Å². The van der Waals surface area contributed by atoms with Crippen LogP contribution in [0.5, 0.6) is 5.75 Å². The van der Waals surface area contributed by atoms with Crippen LogP contribution >= 0.6 is 0 Å². The predicted octanol–water partition coefficient (Wildman–Crippen LogP) is 3.01. The molecule has 0 radical (unpaired) electrons. The highest BCUT2D eigenvalue weighted by molar-refractivity contribution is 5.40. The summed E-state index contributed by atoms with van der Waals surface area (Å²) in [5.41, 5.74) is -0.976. The Morgan fingerprint density at radius 1 is 0.933 bits per heavy atom. The first-order chi connectivity index (χ1) is 14.5. The largest absolute Gasteiger partial charge is 0.508 e. The van der Waals surface area contributed by atoms with Gasteiger partial charge in [-0.2, -0.15) is 0 Å². The van der Waals surface area contributed by atoms with Crippen LogP contribution in [0.1, 0.15) is 22.7 Å². The van der Waals surface area contributed by atoms with Crippen LogP contribution in [0.3, 0.4) is 0 Å². The van der Waals surface area contributed by atoms with Crippen molar-refractivity contribution in [3.63, 3.8) is 0 Å². The highest BCUT2D eigenvalue weighted by Gasteiger charge is 2.43. The van der Waals surface area contributed by atoms with Crippen LogP contribution in [-0.2, 0) is 5.60 Å². The van der Waals surface area contributed by atoms with Crippen LogP contribution in [0.25, 0.3) is 0 Å². The van der Waals surface area contributed by atoms with E-state index in [2.05, 4.69) is 9.97 Å². The summed E-state index contributed by atoms with van der Waals surface area (Å²) in [6.07, 6.45) is 7.56. The first-order valence-electron chi connectivity index (χ1n) is 9.20. The summed E-state index contributed by atoms with van der Waals surface area (Å²) >= 11 is 0. The molecule has 1 aromatic carbocycles. The van der Waals surface area contributed by atoms with E-state index in [0.29, 0.717) is 16.7 Å². The summed E-state index contributed by atoms with van der Waals surface area (Å²) in [5, 5.41) is 21.9. The number of hydrogen-bond donors (Lipinski definition) is 2. The lowest BCUT2D eigenvalue weighted by Gasteiger charge is -2.38. The molecule has 150 valence electrons. The Balaban J connectivity index is 2.06. The van der Waals surface area contributed by atoms with Gasteiger partial charge < -0.3 is 14.8 Å². The molecule has 4 rings (SSSR count). The van der Waals surface area contributed by atoms with E-state index in [1.807, 2.05) is 0 Å². The number of nitrogens with zero attached hydrogens (tertiary/aromatic N) is 3. The number of aromatic hydroxyl groups is 1. The molecule has 3 aromatic heterocycles. The minimum atomic E-state index is -1.78. The van der Waals surface area contributed by atoms with Crippen molar-refractivity contribution < 1.29 is 14.6 Å². The molecule has 1 unspecified atom stereocenters. The summed E-state index contributed by atoms with van der Waals surface area (Å²) in [5.74, 6) is -0.637. The van der Waals surface area contributed by atoms with Gasteiger partial charge in [0.25, 0.3) is 5.56 Å².